The van der Waals surface area contributed by atoms with Crippen molar-refractivity contribution in [2.45, 2.75) is 24.3 Å². The summed E-state index contributed by atoms with van der Waals surface area (Å²) in [5.41, 5.74) is 4.52. The minimum atomic E-state index is -3.82. The Hall–Kier alpha value is -2.28. The second-order valence-electron chi connectivity index (χ2n) is 6.91. The standard InChI is InChI=1S/C18H21N3O6S3/c22-17(9-13-6-8-29(24,25)12-13)20-21-18(23)14-3-1-5-16(10-14)30(26,27)19-11-15-4-2-7-28-15/h1-5,7,10,13,19H,6,8-9,11-12H2,(H,20,22)(H,21,23). The minimum Gasteiger partial charge on any atom is -0.273 e. The number of carbonyl (C=O) groups is 2. The molecule has 1 atom stereocenters. The Balaban J connectivity index is 1.55. The predicted octanol–water partition coefficient (Wildman–Crippen LogP) is 0.812. The molecule has 162 valence electrons. The third kappa shape index (κ3) is 6.11. The van der Waals surface area contributed by atoms with Gasteiger partial charge in [0.15, 0.2) is 9.84 Å². The van der Waals surface area contributed by atoms with E-state index in [9.17, 15) is 26.4 Å². The lowest BCUT2D eigenvalue weighted by molar-refractivity contribution is -0.122. The molecule has 0 saturated carbocycles. The molecule has 1 aliphatic rings. The Bertz CT molecular complexity index is 1130. The van der Waals surface area contributed by atoms with Crippen molar-refractivity contribution in [1.82, 2.24) is 15.6 Å². The van der Waals surface area contributed by atoms with Gasteiger partial charge in [-0.25, -0.2) is 21.6 Å². The molecule has 3 rings (SSSR count). The molecule has 3 N–H and O–H groups in total. The van der Waals surface area contributed by atoms with Crippen molar-refractivity contribution >= 4 is 43.0 Å². The molecular formula is C18H21N3O6S3. The molecule has 1 fully saturated rings. The van der Waals surface area contributed by atoms with Crippen molar-refractivity contribution in [1.29, 1.82) is 0 Å². The minimum absolute atomic E-state index is 0.0133. The van der Waals surface area contributed by atoms with Crippen LogP contribution in [0.15, 0.2) is 46.7 Å². The Morgan fingerprint density at radius 3 is 2.60 bits per heavy atom. The van der Waals surface area contributed by atoms with Gasteiger partial charge < -0.3 is 0 Å². The van der Waals surface area contributed by atoms with Crippen molar-refractivity contribution < 1.29 is 26.4 Å². The average Bonchev–Trinajstić information content (AvgIpc) is 3.34. The lowest BCUT2D eigenvalue weighted by Crippen LogP contribution is -2.42. The summed E-state index contributed by atoms with van der Waals surface area (Å²) < 4.78 is 50.3. The third-order valence-electron chi connectivity index (χ3n) is 4.54. The summed E-state index contributed by atoms with van der Waals surface area (Å²) in [5, 5.41) is 1.84. The van der Waals surface area contributed by atoms with Crippen LogP contribution in [0.25, 0.3) is 0 Å². The molecule has 1 aromatic heterocycles. The smallest absolute Gasteiger partial charge is 0.269 e. The molecule has 0 radical (unpaired) electrons. The van der Waals surface area contributed by atoms with Crippen LogP contribution in [-0.2, 0) is 31.2 Å². The Morgan fingerprint density at radius 1 is 1.13 bits per heavy atom. The van der Waals surface area contributed by atoms with Crippen LogP contribution >= 0.6 is 11.3 Å². The number of nitrogens with one attached hydrogen (secondary N) is 3. The third-order valence-corrected chi connectivity index (χ3v) is 8.65. The molecule has 1 saturated heterocycles. The van der Waals surface area contributed by atoms with Crippen LogP contribution in [0.1, 0.15) is 28.1 Å². The Morgan fingerprint density at radius 2 is 1.93 bits per heavy atom. The van der Waals surface area contributed by atoms with Gasteiger partial charge in [0.25, 0.3) is 5.91 Å². The van der Waals surface area contributed by atoms with Crippen LogP contribution in [0.5, 0.6) is 0 Å². The normalized spacial score (nSPS) is 18.1. The van der Waals surface area contributed by atoms with Gasteiger partial charge in [-0.15, -0.1) is 11.3 Å². The maximum atomic E-state index is 12.5. The average molecular weight is 472 g/mol. The Kier molecular flexibility index (Phi) is 6.91. The maximum Gasteiger partial charge on any atom is 0.269 e. The predicted molar refractivity (Wildman–Crippen MR) is 112 cm³/mol. The number of carbonyl (C=O) groups excluding carboxylic acids is 2. The molecule has 9 nitrogen and oxygen atoms in total. The van der Waals surface area contributed by atoms with Crippen LogP contribution in [0.4, 0.5) is 0 Å². The molecule has 2 heterocycles. The molecule has 1 unspecified atom stereocenters. The highest BCUT2D eigenvalue weighted by molar-refractivity contribution is 7.91. The zero-order valence-corrected chi connectivity index (χ0v) is 18.3. The summed E-state index contributed by atoms with van der Waals surface area (Å²) in [5.74, 6) is -1.43. The zero-order chi connectivity index (χ0) is 21.8. The molecule has 0 bridgehead atoms. The number of sulfone groups is 1. The highest BCUT2D eigenvalue weighted by Gasteiger charge is 2.29. The molecule has 12 heteroatoms. The number of rotatable bonds is 7. The lowest BCUT2D eigenvalue weighted by atomic mass is 10.1. The molecule has 1 aliphatic heterocycles. The van der Waals surface area contributed by atoms with Gasteiger partial charge in [0, 0.05) is 23.4 Å². The Labute approximate surface area is 178 Å². The van der Waals surface area contributed by atoms with Crippen LogP contribution in [0.2, 0.25) is 0 Å². The fourth-order valence-corrected chi connectivity index (χ4v) is 6.66. The quantitative estimate of drug-likeness (QED) is 0.511. The fourth-order valence-electron chi connectivity index (χ4n) is 3.01. The topological polar surface area (TPSA) is 139 Å². The summed E-state index contributed by atoms with van der Waals surface area (Å²) in [6.45, 7) is 0.142. The maximum absolute atomic E-state index is 12.5. The van der Waals surface area contributed by atoms with Gasteiger partial charge in [0.05, 0.1) is 16.4 Å². The number of hydrazine groups is 1. The highest BCUT2D eigenvalue weighted by atomic mass is 32.2. The first-order chi connectivity index (χ1) is 14.1. The zero-order valence-electron chi connectivity index (χ0n) is 15.8. The van der Waals surface area contributed by atoms with Crippen LogP contribution in [0.3, 0.4) is 0 Å². The van der Waals surface area contributed by atoms with Gasteiger partial charge in [-0.1, -0.05) is 12.1 Å². The van der Waals surface area contributed by atoms with Gasteiger partial charge >= 0.3 is 0 Å². The van der Waals surface area contributed by atoms with Crippen molar-refractivity contribution in [2.24, 2.45) is 5.92 Å². The number of hydrogen-bond acceptors (Lipinski definition) is 7. The first kappa shape index (κ1) is 22.4. The summed E-state index contributed by atoms with van der Waals surface area (Å²) in [6, 6.07) is 9.05. The van der Waals surface area contributed by atoms with Crippen molar-refractivity contribution in [2.75, 3.05) is 11.5 Å². The second kappa shape index (κ2) is 9.25. The number of hydrogen-bond donors (Lipinski definition) is 3. The molecule has 0 aliphatic carbocycles. The molecule has 2 aromatic rings. The second-order valence-corrected chi connectivity index (χ2v) is 11.9. The number of thiophene rings is 1. The van der Waals surface area contributed by atoms with E-state index in [0.29, 0.717) is 6.42 Å². The molecular weight excluding hydrogens is 450 g/mol. The van der Waals surface area contributed by atoms with Crippen LogP contribution < -0.4 is 15.6 Å². The van der Waals surface area contributed by atoms with Crippen molar-refractivity contribution in [3.8, 4) is 0 Å². The monoisotopic (exact) mass is 471 g/mol. The first-order valence-electron chi connectivity index (χ1n) is 9.06. The largest absolute Gasteiger partial charge is 0.273 e. The van der Waals surface area contributed by atoms with E-state index >= 15 is 0 Å². The molecule has 0 spiro atoms. The van der Waals surface area contributed by atoms with Crippen LogP contribution in [0, 0.1) is 5.92 Å². The fraction of sp³-hybridized carbons (Fsp3) is 0.333. The summed E-state index contributed by atoms with van der Waals surface area (Å²) in [6.07, 6.45) is 0.405. The number of benzene rings is 1. The van der Waals surface area contributed by atoms with E-state index in [-0.39, 0.29) is 40.8 Å². The SMILES string of the molecule is O=C(CC1CCS(=O)(=O)C1)NNC(=O)c1cccc(S(=O)(=O)NCc2cccs2)c1. The van der Waals surface area contributed by atoms with Gasteiger partial charge in [-0.3, -0.25) is 20.4 Å². The molecule has 30 heavy (non-hydrogen) atoms. The van der Waals surface area contributed by atoms with E-state index < -0.39 is 31.7 Å². The van der Waals surface area contributed by atoms with Gasteiger partial charge in [0.1, 0.15) is 0 Å². The lowest BCUT2D eigenvalue weighted by Gasteiger charge is -2.11. The van der Waals surface area contributed by atoms with Crippen molar-refractivity contribution in [3.05, 3.63) is 52.2 Å². The molecule has 2 amide bonds. The summed E-state index contributed by atoms with van der Waals surface area (Å²) >= 11 is 1.42. The van der Waals surface area contributed by atoms with E-state index in [1.165, 1.54) is 35.6 Å². The summed E-state index contributed by atoms with van der Waals surface area (Å²) in [7, 11) is -6.90. The number of sulfonamides is 1. The van der Waals surface area contributed by atoms with E-state index in [1.807, 2.05) is 11.4 Å². The van der Waals surface area contributed by atoms with Gasteiger partial charge in [-0.2, -0.15) is 0 Å². The first-order valence-corrected chi connectivity index (χ1v) is 13.2. The molecule has 1 aromatic carbocycles. The van der Waals surface area contributed by atoms with E-state index in [1.54, 1.807) is 6.07 Å². The summed E-state index contributed by atoms with van der Waals surface area (Å²) in [4.78, 5) is 25.0. The number of amides is 2. The van der Waals surface area contributed by atoms with Crippen molar-refractivity contribution in [3.63, 3.8) is 0 Å². The van der Waals surface area contributed by atoms with E-state index in [2.05, 4.69) is 15.6 Å². The van der Waals surface area contributed by atoms with E-state index in [0.717, 1.165) is 4.88 Å². The van der Waals surface area contributed by atoms with Crippen LogP contribution in [-0.4, -0.2) is 40.2 Å². The van der Waals surface area contributed by atoms with Gasteiger partial charge in [-0.05, 0) is 42.0 Å². The highest BCUT2D eigenvalue weighted by Crippen LogP contribution is 2.21. The van der Waals surface area contributed by atoms with Gasteiger partial charge in [0.2, 0.25) is 15.9 Å². The van der Waals surface area contributed by atoms with E-state index in [4.69, 9.17) is 0 Å².